The number of ether oxygens (including phenoxy) is 2. The topological polar surface area (TPSA) is 84.9 Å². The zero-order chi connectivity index (χ0) is 21.3. The zero-order valence-electron chi connectivity index (χ0n) is 17.0. The number of nitrogens with one attached hydrogen (secondary N) is 1. The smallest absolute Gasteiger partial charge is 0.255 e. The van der Waals surface area contributed by atoms with E-state index in [-0.39, 0.29) is 29.6 Å². The Morgan fingerprint density at radius 2 is 1.67 bits per heavy atom. The Morgan fingerprint density at radius 3 is 2.30 bits per heavy atom. The summed E-state index contributed by atoms with van der Waals surface area (Å²) in [5.41, 5.74) is 1.24. The fraction of sp³-hybridized carbons (Fsp3) is 0.348. The number of nitrogens with zero attached hydrogens (tertiary/aromatic N) is 1. The van der Waals surface area contributed by atoms with Gasteiger partial charge in [0.1, 0.15) is 11.5 Å². The maximum Gasteiger partial charge on any atom is 0.255 e. The van der Waals surface area contributed by atoms with E-state index in [1.165, 1.54) is 12.0 Å². The van der Waals surface area contributed by atoms with Gasteiger partial charge in [-0.2, -0.15) is 0 Å². The second kappa shape index (κ2) is 8.18. The minimum atomic E-state index is -0.375. The summed E-state index contributed by atoms with van der Waals surface area (Å²) in [5, 5.41) is 2.81. The van der Waals surface area contributed by atoms with Crippen molar-refractivity contribution in [2.24, 2.45) is 11.8 Å². The predicted molar refractivity (Wildman–Crippen MR) is 112 cm³/mol. The van der Waals surface area contributed by atoms with Crippen molar-refractivity contribution in [2.75, 3.05) is 24.4 Å². The van der Waals surface area contributed by atoms with Crippen LogP contribution in [-0.2, 0) is 9.59 Å². The highest BCUT2D eigenvalue weighted by Gasteiger charge is 2.48. The summed E-state index contributed by atoms with van der Waals surface area (Å²) in [6.07, 6.45) is 3.45. The molecule has 0 bridgehead atoms. The molecule has 30 heavy (non-hydrogen) atoms. The molecule has 0 radical (unpaired) electrons. The molecule has 0 unspecified atom stereocenters. The number of benzene rings is 2. The number of carbonyl (C=O) groups excluding carboxylic acids is 3. The number of methoxy groups -OCH3 is 2. The van der Waals surface area contributed by atoms with Gasteiger partial charge in [0.2, 0.25) is 11.8 Å². The molecule has 2 aliphatic rings. The molecule has 4 rings (SSSR count). The molecule has 7 heteroatoms. The second-order valence-electron chi connectivity index (χ2n) is 7.58. The summed E-state index contributed by atoms with van der Waals surface area (Å²) in [4.78, 5) is 39.8. The van der Waals surface area contributed by atoms with Gasteiger partial charge in [-0.25, -0.2) is 0 Å². The van der Waals surface area contributed by atoms with Gasteiger partial charge in [-0.3, -0.25) is 19.3 Å². The van der Waals surface area contributed by atoms with Crippen LogP contribution < -0.4 is 19.7 Å². The maximum atomic E-state index is 12.9. The first-order valence-corrected chi connectivity index (χ1v) is 10.0. The number of anilines is 2. The summed E-state index contributed by atoms with van der Waals surface area (Å²) in [5.74, 6) is -0.0760. The Kier molecular flexibility index (Phi) is 5.44. The van der Waals surface area contributed by atoms with Gasteiger partial charge >= 0.3 is 0 Å². The van der Waals surface area contributed by atoms with Crippen molar-refractivity contribution < 1.29 is 23.9 Å². The summed E-state index contributed by atoms with van der Waals surface area (Å²) in [7, 11) is 3.06. The van der Waals surface area contributed by atoms with Gasteiger partial charge in [0.15, 0.2) is 0 Å². The largest absolute Gasteiger partial charge is 0.497 e. The molecule has 1 saturated heterocycles. The molecule has 7 nitrogen and oxygen atoms in total. The van der Waals surface area contributed by atoms with Crippen LogP contribution in [0.4, 0.5) is 11.4 Å². The van der Waals surface area contributed by atoms with Crippen LogP contribution >= 0.6 is 0 Å². The van der Waals surface area contributed by atoms with Gasteiger partial charge < -0.3 is 14.8 Å². The predicted octanol–water partition coefficient (Wildman–Crippen LogP) is 3.64. The standard InChI is InChI=1S/C23H24N2O5/c1-29-16-10-11-20(30-2)19(13-16)24-21(26)14-6-5-7-15(12-14)25-22(27)17-8-3-4-9-18(17)23(25)28/h5-7,10-13,17-18H,3-4,8-9H2,1-2H3,(H,24,26)/t17-,18-/m1/s1. The maximum absolute atomic E-state index is 12.9. The first-order chi connectivity index (χ1) is 14.5. The summed E-state index contributed by atoms with van der Waals surface area (Å²) < 4.78 is 10.5. The minimum Gasteiger partial charge on any atom is -0.497 e. The lowest BCUT2D eigenvalue weighted by atomic mass is 9.81. The Balaban J connectivity index is 1.59. The normalized spacial score (nSPS) is 20.7. The number of rotatable bonds is 5. The van der Waals surface area contributed by atoms with Gasteiger partial charge in [-0.15, -0.1) is 0 Å². The third kappa shape index (κ3) is 3.51. The van der Waals surface area contributed by atoms with E-state index in [1.54, 1.807) is 49.6 Å². The van der Waals surface area contributed by atoms with Crippen LogP contribution in [0.15, 0.2) is 42.5 Å². The van der Waals surface area contributed by atoms with Crippen molar-refractivity contribution in [3.63, 3.8) is 0 Å². The number of carbonyl (C=O) groups is 3. The monoisotopic (exact) mass is 408 g/mol. The van der Waals surface area contributed by atoms with E-state index in [9.17, 15) is 14.4 Å². The SMILES string of the molecule is COc1ccc(OC)c(NC(=O)c2cccc(N3C(=O)[C@@H]4CCCC[C@H]4C3=O)c2)c1. The number of hydrogen-bond donors (Lipinski definition) is 1. The average molecular weight is 408 g/mol. The molecule has 1 heterocycles. The number of hydrogen-bond acceptors (Lipinski definition) is 5. The Morgan fingerprint density at radius 1 is 0.967 bits per heavy atom. The molecule has 2 fully saturated rings. The van der Waals surface area contributed by atoms with E-state index >= 15 is 0 Å². The highest BCUT2D eigenvalue weighted by Crippen LogP contribution is 2.40. The highest BCUT2D eigenvalue weighted by atomic mass is 16.5. The highest BCUT2D eigenvalue weighted by molar-refractivity contribution is 6.22. The lowest BCUT2D eigenvalue weighted by Gasteiger charge is -2.19. The molecule has 3 amide bonds. The molecule has 1 N–H and O–H groups in total. The zero-order valence-corrected chi connectivity index (χ0v) is 17.0. The molecule has 0 spiro atoms. The number of fused-ring (bicyclic) bond motifs is 1. The third-order valence-electron chi connectivity index (χ3n) is 5.86. The number of amides is 3. The molecule has 2 aromatic rings. The quantitative estimate of drug-likeness (QED) is 0.764. The van der Waals surface area contributed by atoms with E-state index < -0.39 is 0 Å². The van der Waals surface area contributed by atoms with Gasteiger partial charge in [-0.05, 0) is 43.2 Å². The lowest BCUT2D eigenvalue weighted by Crippen LogP contribution is -2.31. The first kappa shape index (κ1) is 19.9. The first-order valence-electron chi connectivity index (χ1n) is 10.0. The molecule has 1 saturated carbocycles. The van der Waals surface area contributed by atoms with Crippen LogP contribution in [-0.4, -0.2) is 31.9 Å². The fourth-order valence-corrected chi connectivity index (χ4v) is 4.31. The van der Waals surface area contributed by atoms with Crippen LogP contribution in [0, 0.1) is 11.8 Å². The van der Waals surface area contributed by atoms with Crippen molar-refractivity contribution in [2.45, 2.75) is 25.7 Å². The lowest BCUT2D eigenvalue weighted by molar-refractivity contribution is -0.122. The minimum absolute atomic E-state index is 0.156. The van der Waals surface area contributed by atoms with Crippen molar-refractivity contribution in [1.82, 2.24) is 0 Å². The Bertz CT molecular complexity index is 979. The summed E-state index contributed by atoms with van der Waals surface area (Å²) >= 11 is 0. The van der Waals surface area contributed by atoms with Gasteiger partial charge in [0.05, 0.1) is 37.4 Å². The van der Waals surface area contributed by atoms with Crippen molar-refractivity contribution in [1.29, 1.82) is 0 Å². The Hall–Kier alpha value is -3.35. The van der Waals surface area contributed by atoms with Gasteiger partial charge in [0, 0.05) is 11.6 Å². The van der Waals surface area contributed by atoms with Crippen molar-refractivity contribution >= 4 is 29.1 Å². The average Bonchev–Trinajstić information content (AvgIpc) is 3.04. The summed E-state index contributed by atoms with van der Waals surface area (Å²) in [6, 6.07) is 11.7. The molecule has 1 aliphatic heterocycles. The second-order valence-corrected chi connectivity index (χ2v) is 7.58. The van der Waals surface area contributed by atoms with Crippen LogP contribution in [0.5, 0.6) is 11.5 Å². The third-order valence-corrected chi connectivity index (χ3v) is 5.86. The molecule has 2 atom stereocenters. The number of imide groups is 1. The van der Waals surface area contributed by atoms with Crippen LogP contribution in [0.2, 0.25) is 0 Å². The fourth-order valence-electron chi connectivity index (χ4n) is 4.31. The van der Waals surface area contributed by atoms with Crippen LogP contribution in [0.3, 0.4) is 0 Å². The van der Waals surface area contributed by atoms with E-state index in [4.69, 9.17) is 9.47 Å². The summed E-state index contributed by atoms with van der Waals surface area (Å²) in [6.45, 7) is 0. The van der Waals surface area contributed by atoms with Gasteiger partial charge in [-0.1, -0.05) is 18.9 Å². The molecule has 2 aromatic carbocycles. The Labute approximate surface area is 175 Å². The molecule has 156 valence electrons. The molecule has 0 aromatic heterocycles. The van der Waals surface area contributed by atoms with E-state index in [2.05, 4.69) is 5.32 Å². The van der Waals surface area contributed by atoms with Crippen LogP contribution in [0.1, 0.15) is 36.0 Å². The van der Waals surface area contributed by atoms with E-state index in [0.717, 1.165) is 25.7 Å². The molecular formula is C23H24N2O5. The van der Waals surface area contributed by atoms with Crippen molar-refractivity contribution in [3.8, 4) is 11.5 Å². The van der Waals surface area contributed by atoms with Gasteiger partial charge in [0.25, 0.3) is 5.91 Å². The van der Waals surface area contributed by atoms with Crippen LogP contribution in [0.25, 0.3) is 0 Å². The molecular weight excluding hydrogens is 384 g/mol. The van der Waals surface area contributed by atoms with E-state index in [0.29, 0.717) is 28.4 Å². The molecule has 1 aliphatic carbocycles. The van der Waals surface area contributed by atoms with Crippen molar-refractivity contribution in [3.05, 3.63) is 48.0 Å². The van der Waals surface area contributed by atoms with E-state index in [1.807, 2.05) is 0 Å².